The summed E-state index contributed by atoms with van der Waals surface area (Å²) in [5.74, 6) is 0. The van der Waals surface area contributed by atoms with Gasteiger partial charge in [-0.2, -0.15) is 0 Å². The van der Waals surface area contributed by atoms with Gasteiger partial charge in [0.2, 0.25) is 0 Å². The second-order valence-corrected chi connectivity index (χ2v) is 5.40. The van der Waals surface area contributed by atoms with Gasteiger partial charge in [-0.1, -0.05) is 22.9 Å². The van der Waals surface area contributed by atoms with Crippen LogP contribution in [-0.2, 0) is 9.47 Å². The van der Waals surface area contributed by atoms with Crippen LogP contribution >= 0.6 is 15.9 Å². The topological polar surface area (TPSA) is 18.5 Å². The standard InChI is InChI=1S/C10H19BrO2/c1-5-10(2,3)13-8-6-7(11)9(8)12-4/h7-9H,5-6H2,1-4H3. The molecule has 0 heterocycles. The molecule has 0 radical (unpaired) electrons. The van der Waals surface area contributed by atoms with E-state index >= 15 is 0 Å². The Morgan fingerprint density at radius 3 is 2.46 bits per heavy atom. The lowest BCUT2D eigenvalue weighted by molar-refractivity contribution is -0.165. The van der Waals surface area contributed by atoms with E-state index < -0.39 is 0 Å². The van der Waals surface area contributed by atoms with Crippen LogP contribution in [0.25, 0.3) is 0 Å². The van der Waals surface area contributed by atoms with Crippen molar-refractivity contribution in [2.45, 2.75) is 56.2 Å². The first-order valence-electron chi connectivity index (χ1n) is 4.85. The summed E-state index contributed by atoms with van der Waals surface area (Å²) in [7, 11) is 1.74. The summed E-state index contributed by atoms with van der Waals surface area (Å²) in [6, 6.07) is 0. The summed E-state index contributed by atoms with van der Waals surface area (Å²) in [4.78, 5) is 0.468. The first-order chi connectivity index (χ1) is 6.00. The molecule has 0 aromatic carbocycles. The van der Waals surface area contributed by atoms with Gasteiger partial charge in [0.15, 0.2) is 0 Å². The van der Waals surface area contributed by atoms with Gasteiger partial charge in [0.05, 0.1) is 17.8 Å². The number of ether oxygens (including phenoxy) is 2. The number of methoxy groups -OCH3 is 1. The fourth-order valence-corrected chi connectivity index (χ4v) is 2.36. The van der Waals surface area contributed by atoms with Crippen LogP contribution in [0.2, 0.25) is 0 Å². The molecule has 1 rings (SSSR count). The summed E-state index contributed by atoms with van der Waals surface area (Å²) in [6.07, 6.45) is 2.59. The van der Waals surface area contributed by atoms with E-state index in [1.165, 1.54) is 0 Å². The monoisotopic (exact) mass is 250 g/mol. The average Bonchev–Trinajstić information content (AvgIpc) is 2.04. The molecule has 0 spiro atoms. The van der Waals surface area contributed by atoms with Gasteiger partial charge in [0.1, 0.15) is 0 Å². The maximum atomic E-state index is 5.94. The van der Waals surface area contributed by atoms with Crippen LogP contribution in [0.4, 0.5) is 0 Å². The number of halogens is 1. The fraction of sp³-hybridized carbons (Fsp3) is 1.00. The van der Waals surface area contributed by atoms with E-state index in [0.29, 0.717) is 4.83 Å². The van der Waals surface area contributed by atoms with Crippen molar-refractivity contribution >= 4 is 15.9 Å². The minimum atomic E-state index is -0.0193. The van der Waals surface area contributed by atoms with Gasteiger partial charge in [0.25, 0.3) is 0 Å². The third-order valence-corrected chi connectivity index (χ3v) is 3.67. The first kappa shape index (κ1) is 11.5. The summed E-state index contributed by atoms with van der Waals surface area (Å²) in [6.45, 7) is 6.40. The zero-order chi connectivity index (χ0) is 10.1. The predicted molar refractivity (Wildman–Crippen MR) is 57.4 cm³/mol. The van der Waals surface area contributed by atoms with Crippen molar-refractivity contribution in [1.82, 2.24) is 0 Å². The summed E-state index contributed by atoms with van der Waals surface area (Å²) < 4.78 is 11.3. The molecule has 3 heteroatoms. The first-order valence-corrected chi connectivity index (χ1v) is 5.76. The smallest absolute Gasteiger partial charge is 0.0959 e. The largest absolute Gasteiger partial charge is 0.378 e. The molecule has 0 bridgehead atoms. The van der Waals surface area contributed by atoms with Gasteiger partial charge in [-0.05, 0) is 26.7 Å². The maximum absolute atomic E-state index is 5.94. The van der Waals surface area contributed by atoms with E-state index in [1.54, 1.807) is 7.11 Å². The number of rotatable bonds is 4. The van der Waals surface area contributed by atoms with E-state index in [2.05, 4.69) is 36.7 Å². The molecule has 1 fully saturated rings. The Morgan fingerprint density at radius 1 is 1.46 bits per heavy atom. The molecular weight excluding hydrogens is 232 g/mol. The third-order valence-electron chi connectivity index (χ3n) is 2.77. The van der Waals surface area contributed by atoms with Crippen molar-refractivity contribution in [3.63, 3.8) is 0 Å². The molecular formula is C10H19BrO2. The molecule has 1 aliphatic carbocycles. The van der Waals surface area contributed by atoms with Crippen molar-refractivity contribution in [2.24, 2.45) is 0 Å². The van der Waals surface area contributed by atoms with Gasteiger partial charge in [-0.15, -0.1) is 0 Å². The number of alkyl halides is 1. The lowest BCUT2D eigenvalue weighted by Crippen LogP contribution is -2.53. The average molecular weight is 251 g/mol. The summed E-state index contributed by atoms with van der Waals surface area (Å²) in [5, 5.41) is 0. The number of hydrogen-bond acceptors (Lipinski definition) is 2. The van der Waals surface area contributed by atoms with Crippen LogP contribution in [0.1, 0.15) is 33.6 Å². The Balaban J connectivity index is 2.39. The highest BCUT2D eigenvalue weighted by atomic mass is 79.9. The Labute approximate surface area is 89.1 Å². The van der Waals surface area contributed by atoms with Crippen LogP contribution in [0.15, 0.2) is 0 Å². The van der Waals surface area contributed by atoms with Crippen molar-refractivity contribution in [3.05, 3.63) is 0 Å². The quantitative estimate of drug-likeness (QED) is 0.715. The van der Waals surface area contributed by atoms with Gasteiger partial charge in [-0.3, -0.25) is 0 Å². The predicted octanol–water partition coefficient (Wildman–Crippen LogP) is 2.74. The van der Waals surface area contributed by atoms with E-state index in [0.717, 1.165) is 12.8 Å². The second kappa shape index (κ2) is 4.28. The molecule has 78 valence electrons. The van der Waals surface area contributed by atoms with Crippen LogP contribution in [0.3, 0.4) is 0 Å². The summed E-state index contributed by atoms with van der Waals surface area (Å²) in [5.41, 5.74) is -0.0193. The Bertz CT molecular complexity index is 170. The van der Waals surface area contributed by atoms with Crippen molar-refractivity contribution < 1.29 is 9.47 Å². The van der Waals surface area contributed by atoms with Crippen LogP contribution in [-0.4, -0.2) is 29.7 Å². The molecule has 0 N–H and O–H groups in total. The van der Waals surface area contributed by atoms with Crippen LogP contribution < -0.4 is 0 Å². The highest BCUT2D eigenvalue weighted by molar-refractivity contribution is 9.09. The van der Waals surface area contributed by atoms with Gasteiger partial charge in [-0.25, -0.2) is 0 Å². The van der Waals surface area contributed by atoms with Gasteiger partial charge >= 0.3 is 0 Å². The second-order valence-electron chi connectivity index (χ2n) is 4.22. The molecule has 2 nitrogen and oxygen atoms in total. The van der Waals surface area contributed by atoms with Crippen molar-refractivity contribution in [1.29, 1.82) is 0 Å². The fourth-order valence-electron chi connectivity index (χ4n) is 1.43. The Morgan fingerprint density at radius 2 is 2.08 bits per heavy atom. The van der Waals surface area contributed by atoms with Crippen LogP contribution in [0, 0.1) is 0 Å². The van der Waals surface area contributed by atoms with Gasteiger partial charge in [0, 0.05) is 11.9 Å². The van der Waals surface area contributed by atoms with E-state index in [4.69, 9.17) is 9.47 Å². The maximum Gasteiger partial charge on any atom is 0.0959 e. The van der Waals surface area contributed by atoms with E-state index in [1.807, 2.05) is 0 Å². The summed E-state index contributed by atoms with van der Waals surface area (Å²) >= 11 is 3.55. The molecule has 13 heavy (non-hydrogen) atoms. The minimum Gasteiger partial charge on any atom is -0.378 e. The Kier molecular flexibility index (Phi) is 3.78. The molecule has 0 aromatic heterocycles. The van der Waals surface area contributed by atoms with E-state index in [9.17, 15) is 0 Å². The third kappa shape index (κ3) is 2.67. The highest BCUT2D eigenvalue weighted by Crippen LogP contribution is 2.35. The molecule has 3 unspecified atom stereocenters. The lowest BCUT2D eigenvalue weighted by Gasteiger charge is -2.44. The molecule has 0 amide bonds. The van der Waals surface area contributed by atoms with Crippen LogP contribution in [0.5, 0.6) is 0 Å². The van der Waals surface area contributed by atoms with Crippen molar-refractivity contribution in [3.8, 4) is 0 Å². The molecule has 1 saturated carbocycles. The number of hydrogen-bond donors (Lipinski definition) is 0. The Hall–Kier alpha value is 0.400. The lowest BCUT2D eigenvalue weighted by atomic mass is 9.90. The molecule has 0 aromatic rings. The molecule has 1 aliphatic rings. The normalized spacial score (nSPS) is 34.4. The van der Waals surface area contributed by atoms with E-state index in [-0.39, 0.29) is 17.8 Å². The molecule has 0 saturated heterocycles. The van der Waals surface area contributed by atoms with Gasteiger partial charge < -0.3 is 9.47 Å². The molecule has 0 aliphatic heterocycles. The highest BCUT2D eigenvalue weighted by Gasteiger charge is 2.42. The molecule has 3 atom stereocenters. The zero-order valence-corrected chi connectivity index (χ0v) is 10.4. The minimum absolute atomic E-state index is 0.0193. The zero-order valence-electron chi connectivity index (χ0n) is 8.84. The van der Waals surface area contributed by atoms with Crippen molar-refractivity contribution in [2.75, 3.05) is 7.11 Å². The SMILES string of the molecule is CCC(C)(C)OC1CC(Br)C1OC.